The number of anilines is 1. The van der Waals surface area contributed by atoms with Crippen LogP contribution in [0.25, 0.3) is 5.69 Å². The van der Waals surface area contributed by atoms with E-state index in [1.807, 2.05) is 55.5 Å². The number of carbonyl (C=O) groups is 1. The van der Waals surface area contributed by atoms with Crippen LogP contribution in [0.2, 0.25) is 0 Å². The topological polar surface area (TPSA) is 78.3 Å². The van der Waals surface area contributed by atoms with Gasteiger partial charge in [0.05, 0.1) is 24.6 Å². The summed E-state index contributed by atoms with van der Waals surface area (Å²) in [7, 11) is 1.61. The van der Waals surface area contributed by atoms with E-state index in [1.54, 1.807) is 11.8 Å². The molecule has 3 aromatic rings. The van der Waals surface area contributed by atoms with Gasteiger partial charge in [0, 0.05) is 11.8 Å². The van der Waals surface area contributed by atoms with Gasteiger partial charge in [0.25, 0.3) is 5.91 Å². The van der Waals surface area contributed by atoms with Crippen molar-refractivity contribution in [3.8, 4) is 17.2 Å². The second-order valence-electron chi connectivity index (χ2n) is 7.14. The molecule has 0 unspecified atom stereocenters. The standard InChI is InChI=1S/C22H24N4O3/c1-15-21(24-25-26(15)17-6-5-9-20(14-17)28-2)22(27)23-16-10-12-19(13-11-16)29-18-7-3-4-8-18/h5-6,9-14,18H,3-4,7-8H2,1-2H3,(H,23,27). The van der Waals surface area contributed by atoms with E-state index in [2.05, 4.69) is 15.6 Å². The summed E-state index contributed by atoms with van der Waals surface area (Å²) in [6.45, 7) is 1.81. The Balaban J connectivity index is 1.45. The Morgan fingerprint density at radius 1 is 1.10 bits per heavy atom. The van der Waals surface area contributed by atoms with Crippen LogP contribution in [-0.2, 0) is 0 Å². The number of benzene rings is 2. The molecule has 0 atom stereocenters. The number of rotatable bonds is 6. The Hall–Kier alpha value is -3.35. The summed E-state index contributed by atoms with van der Waals surface area (Å²) in [6.07, 6.45) is 5.00. The van der Waals surface area contributed by atoms with E-state index in [0.717, 1.165) is 24.3 Å². The molecule has 1 amide bonds. The molecule has 0 saturated heterocycles. The zero-order valence-electron chi connectivity index (χ0n) is 16.6. The fourth-order valence-electron chi connectivity index (χ4n) is 3.53. The van der Waals surface area contributed by atoms with Crippen LogP contribution in [0.15, 0.2) is 48.5 Å². The highest BCUT2D eigenvalue weighted by molar-refractivity contribution is 6.03. The van der Waals surface area contributed by atoms with E-state index >= 15 is 0 Å². The van der Waals surface area contributed by atoms with Gasteiger partial charge in [0.15, 0.2) is 5.69 Å². The van der Waals surface area contributed by atoms with Gasteiger partial charge in [-0.2, -0.15) is 0 Å². The number of nitrogens with zero attached hydrogens (tertiary/aromatic N) is 3. The predicted molar refractivity (Wildman–Crippen MR) is 110 cm³/mol. The first-order valence-corrected chi connectivity index (χ1v) is 9.79. The SMILES string of the molecule is COc1cccc(-n2nnc(C(=O)Nc3ccc(OC4CCCC4)cc3)c2C)c1. The van der Waals surface area contributed by atoms with Crippen molar-refractivity contribution in [3.63, 3.8) is 0 Å². The van der Waals surface area contributed by atoms with Crippen molar-refractivity contribution in [2.24, 2.45) is 0 Å². The molecule has 1 heterocycles. The highest BCUT2D eigenvalue weighted by Gasteiger charge is 2.19. The number of aromatic nitrogens is 3. The number of carbonyl (C=O) groups excluding carboxylic acids is 1. The van der Waals surface area contributed by atoms with Crippen molar-refractivity contribution < 1.29 is 14.3 Å². The summed E-state index contributed by atoms with van der Waals surface area (Å²) in [5, 5.41) is 11.1. The van der Waals surface area contributed by atoms with E-state index in [-0.39, 0.29) is 11.6 Å². The van der Waals surface area contributed by atoms with Gasteiger partial charge < -0.3 is 14.8 Å². The van der Waals surface area contributed by atoms with Gasteiger partial charge >= 0.3 is 0 Å². The van der Waals surface area contributed by atoms with E-state index in [4.69, 9.17) is 9.47 Å². The summed E-state index contributed by atoms with van der Waals surface area (Å²) < 4.78 is 12.8. The maximum absolute atomic E-state index is 12.7. The van der Waals surface area contributed by atoms with E-state index in [9.17, 15) is 4.79 Å². The highest BCUT2D eigenvalue weighted by atomic mass is 16.5. The van der Waals surface area contributed by atoms with Crippen LogP contribution >= 0.6 is 0 Å². The maximum Gasteiger partial charge on any atom is 0.278 e. The van der Waals surface area contributed by atoms with Crippen molar-refractivity contribution >= 4 is 11.6 Å². The van der Waals surface area contributed by atoms with Crippen LogP contribution in [0.1, 0.15) is 41.9 Å². The average molecular weight is 392 g/mol. The molecule has 0 spiro atoms. The number of amides is 1. The molecular formula is C22H24N4O3. The van der Waals surface area contributed by atoms with Crippen molar-refractivity contribution in [1.82, 2.24) is 15.0 Å². The Morgan fingerprint density at radius 2 is 1.86 bits per heavy atom. The van der Waals surface area contributed by atoms with Crippen molar-refractivity contribution in [3.05, 3.63) is 59.9 Å². The first-order valence-electron chi connectivity index (χ1n) is 9.79. The molecule has 2 aromatic carbocycles. The Bertz CT molecular complexity index is 992. The smallest absolute Gasteiger partial charge is 0.278 e. The summed E-state index contributed by atoms with van der Waals surface area (Å²) in [5.74, 6) is 1.24. The summed E-state index contributed by atoms with van der Waals surface area (Å²) in [4.78, 5) is 12.7. The fraction of sp³-hybridized carbons (Fsp3) is 0.318. The number of nitrogens with one attached hydrogen (secondary N) is 1. The zero-order chi connectivity index (χ0) is 20.2. The lowest BCUT2D eigenvalue weighted by Crippen LogP contribution is -2.14. The number of hydrogen-bond donors (Lipinski definition) is 1. The second-order valence-corrected chi connectivity index (χ2v) is 7.14. The Kier molecular flexibility index (Phi) is 5.46. The second kappa shape index (κ2) is 8.34. The third-order valence-corrected chi connectivity index (χ3v) is 5.12. The van der Waals surface area contributed by atoms with Gasteiger partial charge in [-0.25, -0.2) is 4.68 Å². The van der Waals surface area contributed by atoms with Gasteiger partial charge in [-0.3, -0.25) is 4.79 Å². The largest absolute Gasteiger partial charge is 0.497 e. The molecule has 4 rings (SSSR count). The van der Waals surface area contributed by atoms with Crippen LogP contribution in [0.5, 0.6) is 11.5 Å². The molecule has 7 nitrogen and oxygen atoms in total. The summed E-state index contributed by atoms with van der Waals surface area (Å²) in [5.41, 5.74) is 2.39. The van der Waals surface area contributed by atoms with Crippen molar-refractivity contribution in [2.75, 3.05) is 12.4 Å². The predicted octanol–water partition coefficient (Wildman–Crippen LogP) is 4.16. The summed E-state index contributed by atoms with van der Waals surface area (Å²) >= 11 is 0. The van der Waals surface area contributed by atoms with Gasteiger partial charge in [0.1, 0.15) is 11.5 Å². The molecule has 1 N–H and O–H groups in total. The molecule has 1 aromatic heterocycles. The van der Waals surface area contributed by atoms with Gasteiger partial charge in [-0.15, -0.1) is 5.10 Å². The van der Waals surface area contributed by atoms with Crippen LogP contribution in [0.3, 0.4) is 0 Å². The molecule has 7 heteroatoms. The molecule has 1 saturated carbocycles. The van der Waals surface area contributed by atoms with Crippen molar-refractivity contribution in [1.29, 1.82) is 0 Å². The molecule has 150 valence electrons. The fourth-order valence-corrected chi connectivity index (χ4v) is 3.53. The molecule has 0 radical (unpaired) electrons. The van der Waals surface area contributed by atoms with Gasteiger partial charge in [-0.05, 0) is 69.0 Å². The van der Waals surface area contributed by atoms with Crippen LogP contribution in [0, 0.1) is 6.92 Å². The third-order valence-electron chi connectivity index (χ3n) is 5.12. The van der Waals surface area contributed by atoms with Crippen molar-refractivity contribution in [2.45, 2.75) is 38.7 Å². The highest BCUT2D eigenvalue weighted by Crippen LogP contribution is 2.25. The minimum atomic E-state index is -0.305. The lowest BCUT2D eigenvalue weighted by molar-refractivity contribution is 0.102. The molecule has 1 aliphatic carbocycles. The minimum Gasteiger partial charge on any atom is -0.497 e. The van der Waals surface area contributed by atoms with Gasteiger partial charge in [-0.1, -0.05) is 11.3 Å². The van der Waals surface area contributed by atoms with Gasteiger partial charge in [0.2, 0.25) is 0 Å². The molecule has 0 bridgehead atoms. The van der Waals surface area contributed by atoms with E-state index in [0.29, 0.717) is 23.2 Å². The molecular weight excluding hydrogens is 368 g/mol. The molecule has 29 heavy (non-hydrogen) atoms. The minimum absolute atomic E-state index is 0.277. The summed E-state index contributed by atoms with van der Waals surface area (Å²) in [6, 6.07) is 14.9. The van der Waals surface area contributed by atoms with Crippen LogP contribution in [0.4, 0.5) is 5.69 Å². The Labute approximate surface area is 169 Å². The Morgan fingerprint density at radius 3 is 2.59 bits per heavy atom. The van der Waals surface area contributed by atoms with E-state index < -0.39 is 0 Å². The normalized spacial score (nSPS) is 14.0. The van der Waals surface area contributed by atoms with Crippen LogP contribution in [-0.4, -0.2) is 34.1 Å². The maximum atomic E-state index is 12.7. The number of hydrogen-bond acceptors (Lipinski definition) is 5. The molecule has 1 aliphatic rings. The third kappa shape index (κ3) is 4.23. The quantitative estimate of drug-likeness (QED) is 0.682. The number of methoxy groups -OCH3 is 1. The lowest BCUT2D eigenvalue weighted by atomic mass is 10.2. The zero-order valence-corrected chi connectivity index (χ0v) is 16.6. The average Bonchev–Trinajstić information content (AvgIpc) is 3.39. The van der Waals surface area contributed by atoms with E-state index in [1.165, 1.54) is 12.8 Å². The van der Waals surface area contributed by atoms with Crippen LogP contribution < -0.4 is 14.8 Å². The molecule has 1 fully saturated rings. The first kappa shape index (κ1) is 19.0. The monoisotopic (exact) mass is 392 g/mol. The molecule has 0 aliphatic heterocycles. The first-order chi connectivity index (χ1) is 14.1. The number of ether oxygens (including phenoxy) is 2. The lowest BCUT2D eigenvalue weighted by Gasteiger charge is -2.13.